The summed E-state index contributed by atoms with van der Waals surface area (Å²) in [5.74, 6) is 0.0691. The highest BCUT2D eigenvalue weighted by molar-refractivity contribution is 6.40. The Hall–Kier alpha value is -3.74. The van der Waals surface area contributed by atoms with Crippen LogP contribution >= 0.6 is 0 Å². The SMILES string of the molecule is COc1ccc(C2=C(O)C(=CC3=[N+](CCCCCOC=O)c4ccc(F)cc4C3(C)C)C2=O)cc1. The van der Waals surface area contributed by atoms with Crippen molar-refractivity contribution >= 4 is 29.2 Å². The van der Waals surface area contributed by atoms with Crippen LogP contribution in [0.3, 0.4) is 0 Å². The number of aliphatic hydroxyl groups excluding tert-OH is 1. The van der Waals surface area contributed by atoms with Gasteiger partial charge in [0.05, 0.1) is 30.3 Å². The normalized spacial score (nSPS) is 17.5. The highest BCUT2D eigenvalue weighted by Gasteiger charge is 2.46. The fraction of sp³-hybridized carbons (Fsp3) is 0.321. The Bertz CT molecular complexity index is 1250. The number of carbonyl (C=O) groups excluding carboxylic acids is 2. The molecule has 0 aromatic heterocycles. The number of hydrogen-bond donors (Lipinski definition) is 1. The average molecular weight is 479 g/mol. The molecule has 0 radical (unpaired) electrons. The third-order valence-electron chi connectivity index (χ3n) is 6.69. The van der Waals surface area contributed by atoms with Gasteiger partial charge < -0.3 is 14.6 Å². The molecule has 0 saturated heterocycles. The molecule has 4 rings (SSSR count). The highest BCUT2D eigenvalue weighted by Crippen LogP contribution is 2.43. The molecule has 0 atom stereocenters. The van der Waals surface area contributed by atoms with E-state index in [2.05, 4.69) is 4.58 Å². The fourth-order valence-corrected chi connectivity index (χ4v) is 4.75. The van der Waals surface area contributed by atoms with Crippen LogP contribution in [-0.2, 0) is 19.7 Å². The molecule has 2 aromatic carbocycles. The summed E-state index contributed by atoms with van der Waals surface area (Å²) in [5, 5.41) is 10.8. The van der Waals surface area contributed by atoms with Gasteiger partial charge in [-0.1, -0.05) is 12.1 Å². The van der Waals surface area contributed by atoms with Crippen LogP contribution in [0.25, 0.3) is 5.57 Å². The number of halogens is 1. The Labute approximate surface area is 204 Å². The molecule has 0 bridgehead atoms. The summed E-state index contributed by atoms with van der Waals surface area (Å²) < 4.78 is 26.2. The number of hydrogen-bond acceptors (Lipinski definition) is 5. The molecule has 2 aromatic rings. The molecule has 7 heteroatoms. The molecule has 6 nitrogen and oxygen atoms in total. The molecule has 0 spiro atoms. The maximum absolute atomic E-state index is 14.1. The minimum Gasteiger partial charge on any atom is -0.506 e. The van der Waals surface area contributed by atoms with E-state index in [0.717, 1.165) is 36.2 Å². The quantitative estimate of drug-likeness (QED) is 0.224. The topological polar surface area (TPSA) is 75.8 Å². The number of methoxy groups -OCH3 is 1. The van der Waals surface area contributed by atoms with Gasteiger partial charge in [-0.2, -0.15) is 4.58 Å². The molecule has 182 valence electrons. The summed E-state index contributed by atoms with van der Waals surface area (Å²) >= 11 is 0. The summed E-state index contributed by atoms with van der Waals surface area (Å²) in [6.07, 6.45) is 4.14. The third kappa shape index (κ3) is 4.50. The summed E-state index contributed by atoms with van der Waals surface area (Å²) in [6, 6.07) is 11.7. The predicted molar refractivity (Wildman–Crippen MR) is 131 cm³/mol. The van der Waals surface area contributed by atoms with Crippen molar-refractivity contribution in [3.8, 4) is 5.75 Å². The molecule has 0 amide bonds. The smallest absolute Gasteiger partial charge is 0.293 e. The largest absolute Gasteiger partial charge is 0.506 e. The second-order valence-electron chi connectivity index (χ2n) is 9.19. The van der Waals surface area contributed by atoms with Crippen molar-refractivity contribution in [2.75, 3.05) is 20.3 Å². The first-order valence-electron chi connectivity index (χ1n) is 11.6. The van der Waals surface area contributed by atoms with E-state index in [9.17, 15) is 19.1 Å². The lowest BCUT2D eigenvalue weighted by Crippen LogP contribution is -2.31. The monoisotopic (exact) mass is 478 g/mol. The lowest BCUT2D eigenvalue weighted by Gasteiger charge is -2.23. The van der Waals surface area contributed by atoms with Crippen LogP contribution < -0.4 is 4.74 Å². The number of unbranched alkanes of at least 4 members (excludes halogenated alkanes) is 2. The minimum atomic E-state index is -0.568. The first kappa shape index (κ1) is 24.4. The van der Waals surface area contributed by atoms with E-state index in [-0.39, 0.29) is 28.5 Å². The number of ether oxygens (including phenoxy) is 2. The Kier molecular flexibility index (Phi) is 6.87. The van der Waals surface area contributed by atoms with Crippen molar-refractivity contribution in [2.45, 2.75) is 38.5 Å². The van der Waals surface area contributed by atoms with E-state index < -0.39 is 5.41 Å². The first-order chi connectivity index (χ1) is 16.8. The molecule has 0 saturated carbocycles. The number of nitrogens with zero attached hydrogens (tertiary/aromatic N) is 1. The van der Waals surface area contributed by atoms with Gasteiger partial charge in [-0.05, 0) is 56.5 Å². The van der Waals surface area contributed by atoms with Crippen LogP contribution in [0.1, 0.15) is 44.2 Å². The molecule has 1 aliphatic carbocycles. The fourth-order valence-electron chi connectivity index (χ4n) is 4.75. The standard InChI is InChI=1S/C28H28FNO5/c1-28(2)22-15-19(29)9-12-23(22)30(13-5-4-6-14-35-17-31)24(28)16-21-26(32)25(27(21)33)18-7-10-20(34-3)11-8-18/h7-12,15-17H,4-6,13-14H2,1-3H3/p+1. The van der Waals surface area contributed by atoms with Gasteiger partial charge >= 0.3 is 0 Å². The number of benzene rings is 2. The number of fused-ring (bicyclic) bond motifs is 1. The van der Waals surface area contributed by atoms with Gasteiger partial charge in [-0.15, -0.1) is 0 Å². The average Bonchev–Trinajstić information content (AvgIpc) is 3.05. The minimum absolute atomic E-state index is 0.0448. The number of rotatable bonds is 10. The van der Waals surface area contributed by atoms with E-state index in [1.807, 2.05) is 13.8 Å². The number of carbonyl (C=O) groups is 2. The number of allylic oxidation sites excluding steroid dienone is 3. The van der Waals surface area contributed by atoms with Crippen molar-refractivity contribution in [3.05, 3.63) is 76.8 Å². The summed E-state index contributed by atoms with van der Waals surface area (Å²) in [5.41, 5.74) is 3.13. The number of Topliss-reactive ketones (excluding diaryl/α,β-unsaturated/α-hetero) is 1. The van der Waals surface area contributed by atoms with Gasteiger partial charge in [0.2, 0.25) is 11.5 Å². The van der Waals surface area contributed by atoms with Gasteiger partial charge in [-0.25, -0.2) is 4.39 Å². The van der Waals surface area contributed by atoms with Crippen molar-refractivity contribution in [1.29, 1.82) is 0 Å². The van der Waals surface area contributed by atoms with E-state index in [1.54, 1.807) is 43.5 Å². The maximum Gasteiger partial charge on any atom is 0.293 e. The first-order valence-corrected chi connectivity index (χ1v) is 11.6. The van der Waals surface area contributed by atoms with E-state index >= 15 is 0 Å². The van der Waals surface area contributed by atoms with Gasteiger partial charge in [0, 0.05) is 24.1 Å². The van der Waals surface area contributed by atoms with E-state index in [4.69, 9.17) is 9.47 Å². The van der Waals surface area contributed by atoms with Crippen molar-refractivity contribution in [1.82, 2.24) is 0 Å². The molecule has 1 heterocycles. The third-order valence-corrected chi connectivity index (χ3v) is 6.69. The van der Waals surface area contributed by atoms with Crippen molar-refractivity contribution in [2.24, 2.45) is 0 Å². The summed E-state index contributed by atoms with van der Waals surface area (Å²) in [7, 11) is 1.57. The Morgan fingerprint density at radius 3 is 2.49 bits per heavy atom. The summed E-state index contributed by atoms with van der Waals surface area (Å²) in [6.45, 7) is 5.44. The van der Waals surface area contributed by atoms with E-state index in [0.29, 0.717) is 30.9 Å². The van der Waals surface area contributed by atoms with Gasteiger partial charge in [0.15, 0.2) is 5.71 Å². The molecular formula is C28H29FNO5+. The molecule has 2 aliphatic rings. The van der Waals surface area contributed by atoms with Crippen molar-refractivity contribution in [3.63, 3.8) is 0 Å². The maximum atomic E-state index is 14.1. The molecule has 0 fully saturated rings. The van der Waals surface area contributed by atoms with Gasteiger partial charge in [0.25, 0.3) is 6.47 Å². The van der Waals surface area contributed by atoms with Crippen LogP contribution in [0, 0.1) is 5.82 Å². The second kappa shape index (κ2) is 9.86. The Morgan fingerprint density at radius 1 is 1.09 bits per heavy atom. The molecule has 35 heavy (non-hydrogen) atoms. The zero-order valence-corrected chi connectivity index (χ0v) is 20.1. The second-order valence-corrected chi connectivity index (χ2v) is 9.19. The van der Waals surface area contributed by atoms with Crippen LogP contribution in [0.4, 0.5) is 10.1 Å². The van der Waals surface area contributed by atoms with Crippen molar-refractivity contribution < 1.29 is 33.1 Å². The van der Waals surface area contributed by atoms with Gasteiger partial charge in [0.1, 0.15) is 23.9 Å². The van der Waals surface area contributed by atoms with Crippen LogP contribution in [0.15, 0.2) is 59.9 Å². The van der Waals surface area contributed by atoms with Crippen LogP contribution in [0.2, 0.25) is 0 Å². The Morgan fingerprint density at radius 2 is 1.83 bits per heavy atom. The number of aliphatic hydroxyl groups is 1. The lowest BCUT2D eigenvalue weighted by atomic mass is 9.77. The van der Waals surface area contributed by atoms with Crippen LogP contribution in [0.5, 0.6) is 5.75 Å². The lowest BCUT2D eigenvalue weighted by molar-refractivity contribution is -0.438. The Balaban J connectivity index is 1.68. The molecule has 1 N–H and O–H groups in total. The molecule has 1 aliphatic heterocycles. The molecular weight excluding hydrogens is 449 g/mol. The zero-order valence-electron chi connectivity index (χ0n) is 20.1. The predicted octanol–water partition coefficient (Wildman–Crippen LogP) is 5.03. The summed E-state index contributed by atoms with van der Waals surface area (Å²) in [4.78, 5) is 23.4. The molecule has 0 unspecified atom stereocenters. The van der Waals surface area contributed by atoms with Crippen LogP contribution in [-0.4, -0.2) is 47.9 Å². The van der Waals surface area contributed by atoms with E-state index in [1.165, 1.54) is 12.1 Å². The zero-order chi connectivity index (χ0) is 25.2. The number of ketones is 1. The highest BCUT2D eigenvalue weighted by atomic mass is 19.1. The van der Waals surface area contributed by atoms with Gasteiger partial charge in [-0.3, -0.25) is 9.59 Å².